The number of nitrogens with one attached hydrogen (secondary N) is 1. The number of aromatic nitrogens is 1. The first-order valence-corrected chi connectivity index (χ1v) is 8.73. The molecule has 6 nitrogen and oxygen atoms in total. The van der Waals surface area contributed by atoms with Crippen molar-refractivity contribution in [2.45, 2.75) is 32.9 Å². The van der Waals surface area contributed by atoms with Gasteiger partial charge in [-0.05, 0) is 19.0 Å². The van der Waals surface area contributed by atoms with Crippen LogP contribution in [0.2, 0.25) is 0 Å². The molecule has 1 amide bonds. The van der Waals surface area contributed by atoms with Gasteiger partial charge in [-0.15, -0.1) is 0 Å². The lowest BCUT2D eigenvalue weighted by Gasteiger charge is -2.41. The minimum Gasteiger partial charge on any atom is -0.436 e. The van der Waals surface area contributed by atoms with Crippen LogP contribution in [0.4, 0.5) is 0 Å². The van der Waals surface area contributed by atoms with Crippen LogP contribution < -0.4 is 5.32 Å². The number of rotatable bonds is 5. The highest BCUT2D eigenvalue weighted by Crippen LogP contribution is 2.29. The Morgan fingerprint density at radius 1 is 1.32 bits per heavy atom. The molecule has 0 radical (unpaired) electrons. The standard InChI is InChI=1S/C19H25N3O3/c1-4-22-10-11-24-16(17(22)15-8-6-5-7-9-15)12-20-19(23)18-13(2)21-14(3)25-18/h5-9,16-17H,4,10-12H2,1-3H3,(H,20,23)/t16-,17-/m0/s1. The van der Waals surface area contributed by atoms with Crippen molar-refractivity contribution < 1.29 is 13.9 Å². The highest BCUT2D eigenvalue weighted by molar-refractivity contribution is 5.92. The number of amides is 1. The molecule has 0 bridgehead atoms. The smallest absolute Gasteiger partial charge is 0.289 e. The summed E-state index contributed by atoms with van der Waals surface area (Å²) in [7, 11) is 0. The fourth-order valence-corrected chi connectivity index (χ4v) is 3.40. The van der Waals surface area contributed by atoms with E-state index >= 15 is 0 Å². The number of morpholine rings is 1. The highest BCUT2D eigenvalue weighted by atomic mass is 16.5. The SMILES string of the molecule is CCN1CCO[C@@H](CNC(=O)c2oc(C)nc2C)[C@@H]1c1ccccc1. The molecule has 1 N–H and O–H groups in total. The quantitative estimate of drug-likeness (QED) is 0.903. The number of nitrogens with zero attached hydrogens (tertiary/aromatic N) is 2. The molecule has 6 heteroatoms. The summed E-state index contributed by atoms with van der Waals surface area (Å²) >= 11 is 0. The molecule has 134 valence electrons. The first-order valence-electron chi connectivity index (χ1n) is 8.73. The summed E-state index contributed by atoms with van der Waals surface area (Å²) < 4.78 is 11.4. The first-order chi connectivity index (χ1) is 12.1. The van der Waals surface area contributed by atoms with Crippen LogP contribution in [0.3, 0.4) is 0 Å². The fourth-order valence-electron chi connectivity index (χ4n) is 3.40. The molecule has 3 rings (SSSR count). The summed E-state index contributed by atoms with van der Waals surface area (Å²) in [5.41, 5.74) is 1.81. The van der Waals surface area contributed by atoms with Crippen molar-refractivity contribution in [2.24, 2.45) is 0 Å². The molecular formula is C19H25N3O3. The van der Waals surface area contributed by atoms with E-state index in [4.69, 9.17) is 9.15 Å². The van der Waals surface area contributed by atoms with Gasteiger partial charge in [0.1, 0.15) is 0 Å². The maximum atomic E-state index is 12.4. The van der Waals surface area contributed by atoms with Crippen LogP contribution in [0.15, 0.2) is 34.7 Å². The number of carbonyl (C=O) groups is 1. The van der Waals surface area contributed by atoms with Crippen molar-refractivity contribution >= 4 is 5.91 Å². The van der Waals surface area contributed by atoms with Crippen LogP contribution in [0.25, 0.3) is 0 Å². The van der Waals surface area contributed by atoms with E-state index in [0.717, 1.165) is 13.1 Å². The van der Waals surface area contributed by atoms with Gasteiger partial charge in [-0.3, -0.25) is 9.69 Å². The Balaban J connectivity index is 1.73. The van der Waals surface area contributed by atoms with Crippen LogP contribution in [0.5, 0.6) is 0 Å². The zero-order valence-corrected chi connectivity index (χ0v) is 15.0. The van der Waals surface area contributed by atoms with Gasteiger partial charge in [0.15, 0.2) is 5.89 Å². The Hall–Kier alpha value is -2.18. The number of hydrogen-bond donors (Lipinski definition) is 1. The molecule has 2 aromatic rings. The first kappa shape index (κ1) is 17.6. The minimum atomic E-state index is -0.248. The molecular weight excluding hydrogens is 318 g/mol. The van der Waals surface area contributed by atoms with E-state index in [1.54, 1.807) is 13.8 Å². The number of hydrogen-bond acceptors (Lipinski definition) is 5. The second-order valence-corrected chi connectivity index (χ2v) is 6.25. The maximum Gasteiger partial charge on any atom is 0.289 e. The van der Waals surface area contributed by atoms with Gasteiger partial charge in [-0.1, -0.05) is 37.3 Å². The number of likely N-dealkylation sites (N-methyl/N-ethyl adjacent to an activating group) is 1. The summed E-state index contributed by atoms with van der Waals surface area (Å²) in [6, 6.07) is 10.4. The molecule has 1 aromatic carbocycles. The molecule has 1 aliphatic heterocycles. The summed E-state index contributed by atoms with van der Waals surface area (Å²) in [6.07, 6.45) is -0.107. The van der Waals surface area contributed by atoms with Crippen molar-refractivity contribution in [2.75, 3.05) is 26.2 Å². The molecule has 0 saturated carbocycles. The van der Waals surface area contributed by atoms with E-state index in [9.17, 15) is 4.79 Å². The van der Waals surface area contributed by atoms with Crippen LogP contribution in [-0.2, 0) is 4.74 Å². The molecule has 1 fully saturated rings. The van der Waals surface area contributed by atoms with Crippen molar-refractivity contribution in [3.8, 4) is 0 Å². The molecule has 0 unspecified atom stereocenters. The second-order valence-electron chi connectivity index (χ2n) is 6.25. The van der Waals surface area contributed by atoms with Crippen molar-refractivity contribution in [1.82, 2.24) is 15.2 Å². The van der Waals surface area contributed by atoms with Gasteiger partial charge in [0.2, 0.25) is 5.76 Å². The maximum absolute atomic E-state index is 12.4. The van der Waals surface area contributed by atoms with Crippen LogP contribution in [0, 0.1) is 13.8 Å². The Morgan fingerprint density at radius 2 is 2.08 bits per heavy atom. The topological polar surface area (TPSA) is 67.6 Å². The third-order valence-corrected chi connectivity index (χ3v) is 4.58. The third kappa shape index (κ3) is 3.91. The minimum absolute atomic E-state index is 0.107. The van der Waals surface area contributed by atoms with Gasteiger partial charge in [0, 0.05) is 20.0 Å². The highest BCUT2D eigenvalue weighted by Gasteiger charge is 2.33. The Kier molecular flexibility index (Phi) is 5.50. The lowest BCUT2D eigenvalue weighted by molar-refractivity contribution is -0.0685. The predicted octanol–water partition coefficient (Wildman–Crippen LogP) is 2.48. The zero-order valence-electron chi connectivity index (χ0n) is 15.0. The van der Waals surface area contributed by atoms with Gasteiger partial charge in [0.25, 0.3) is 5.91 Å². The zero-order chi connectivity index (χ0) is 17.8. The lowest BCUT2D eigenvalue weighted by atomic mass is 9.98. The predicted molar refractivity (Wildman–Crippen MR) is 94.5 cm³/mol. The third-order valence-electron chi connectivity index (χ3n) is 4.58. The largest absolute Gasteiger partial charge is 0.436 e. The number of ether oxygens (including phenoxy) is 1. The summed E-state index contributed by atoms with van der Waals surface area (Å²) in [5.74, 6) is 0.523. The molecule has 1 saturated heterocycles. The number of aryl methyl sites for hydroxylation is 2. The number of oxazole rings is 1. The molecule has 1 aromatic heterocycles. The number of benzene rings is 1. The van der Waals surface area contributed by atoms with Gasteiger partial charge in [-0.25, -0.2) is 4.98 Å². The van der Waals surface area contributed by atoms with Gasteiger partial charge >= 0.3 is 0 Å². The van der Waals surface area contributed by atoms with Crippen LogP contribution in [0.1, 0.15) is 40.7 Å². The summed E-state index contributed by atoms with van der Waals surface area (Å²) in [4.78, 5) is 18.9. The van der Waals surface area contributed by atoms with Crippen molar-refractivity contribution in [3.63, 3.8) is 0 Å². The van der Waals surface area contributed by atoms with Gasteiger partial charge < -0.3 is 14.5 Å². The van der Waals surface area contributed by atoms with E-state index in [1.807, 2.05) is 18.2 Å². The molecule has 0 spiro atoms. The summed E-state index contributed by atoms with van der Waals surface area (Å²) in [5, 5.41) is 2.94. The van der Waals surface area contributed by atoms with E-state index < -0.39 is 0 Å². The lowest BCUT2D eigenvalue weighted by Crippen LogP contribution is -2.49. The summed E-state index contributed by atoms with van der Waals surface area (Å²) in [6.45, 7) is 8.57. The number of carbonyl (C=O) groups excluding carboxylic acids is 1. The molecule has 1 aliphatic rings. The molecule has 0 aliphatic carbocycles. The van der Waals surface area contributed by atoms with Gasteiger partial charge in [0.05, 0.1) is 24.4 Å². The van der Waals surface area contributed by atoms with Crippen LogP contribution in [-0.4, -0.2) is 48.1 Å². The Morgan fingerprint density at radius 3 is 2.72 bits per heavy atom. The van der Waals surface area contributed by atoms with E-state index in [1.165, 1.54) is 5.56 Å². The Bertz CT molecular complexity index is 714. The van der Waals surface area contributed by atoms with Crippen LogP contribution >= 0.6 is 0 Å². The van der Waals surface area contributed by atoms with Crippen molar-refractivity contribution in [3.05, 3.63) is 53.2 Å². The Labute approximate surface area is 148 Å². The average Bonchev–Trinajstić information content (AvgIpc) is 2.98. The fraction of sp³-hybridized carbons (Fsp3) is 0.474. The van der Waals surface area contributed by atoms with E-state index in [0.29, 0.717) is 24.7 Å². The molecule has 2 atom stereocenters. The normalized spacial score (nSPS) is 21.2. The van der Waals surface area contributed by atoms with Crippen molar-refractivity contribution in [1.29, 1.82) is 0 Å². The van der Waals surface area contributed by atoms with E-state index in [2.05, 4.69) is 34.3 Å². The monoisotopic (exact) mass is 343 g/mol. The average molecular weight is 343 g/mol. The van der Waals surface area contributed by atoms with Gasteiger partial charge in [-0.2, -0.15) is 0 Å². The molecule has 25 heavy (non-hydrogen) atoms. The molecule has 2 heterocycles. The van der Waals surface area contributed by atoms with E-state index in [-0.39, 0.29) is 23.8 Å². The second kappa shape index (κ2) is 7.80.